The molecule has 0 aromatic heterocycles. The van der Waals surface area contributed by atoms with Gasteiger partial charge >= 0.3 is 12.4 Å². The Kier molecular flexibility index (Phi) is 3.97. The molecule has 0 spiro atoms. The summed E-state index contributed by atoms with van der Waals surface area (Å²) in [4.78, 5) is 12.2. The molecule has 0 radical (unpaired) electrons. The van der Waals surface area contributed by atoms with E-state index in [2.05, 4.69) is 0 Å². The molecule has 3 nitrogen and oxygen atoms in total. The molecule has 1 heterocycles. The van der Waals surface area contributed by atoms with Crippen LogP contribution < -0.4 is 4.74 Å². The van der Waals surface area contributed by atoms with Crippen molar-refractivity contribution in [2.24, 2.45) is 0 Å². The molecular formula is C17H8F6O3. The van der Waals surface area contributed by atoms with Crippen LogP contribution in [0.5, 0.6) is 11.5 Å². The molecular weight excluding hydrogens is 366 g/mol. The first kappa shape index (κ1) is 17.8. The molecule has 1 N–H and O–H groups in total. The van der Waals surface area contributed by atoms with E-state index in [0.29, 0.717) is 12.1 Å². The highest BCUT2D eigenvalue weighted by atomic mass is 19.4. The molecule has 0 unspecified atom stereocenters. The summed E-state index contributed by atoms with van der Waals surface area (Å²) in [5.41, 5.74) is -3.45. The van der Waals surface area contributed by atoms with Gasteiger partial charge in [-0.3, -0.25) is 4.79 Å². The Labute approximate surface area is 142 Å². The van der Waals surface area contributed by atoms with Gasteiger partial charge in [-0.05, 0) is 42.0 Å². The van der Waals surface area contributed by atoms with Crippen molar-refractivity contribution < 1.29 is 41.0 Å². The molecule has 0 fully saturated rings. The summed E-state index contributed by atoms with van der Waals surface area (Å²) in [5, 5.41) is 9.35. The molecule has 0 saturated carbocycles. The van der Waals surface area contributed by atoms with Gasteiger partial charge in [0.05, 0.1) is 16.7 Å². The molecule has 0 atom stereocenters. The number of carbonyl (C=O) groups is 1. The number of phenolic OH excluding ortho intramolecular Hbond substituents is 1. The quantitative estimate of drug-likeness (QED) is 0.562. The van der Waals surface area contributed by atoms with E-state index in [1.807, 2.05) is 0 Å². The number of ketones is 1. The van der Waals surface area contributed by atoms with Crippen molar-refractivity contribution in [2.45, 2.75) is 12.4 Å². The van der Waals surface area contributed by atoms with Crippen molar-refractivity contribution in [1.82, 2.24) is 0 Å². The van der Waals surface area contributed by atoms with Gasteiger partial charge in [0.15, 0.2) is 5.76 Å². The Morgan fingerprint density at radius 3 is 2.00 bits per heavy atom. The number of benzene rings is 2. The lowest BCUT2D eigenvalue weighted by atomic mass is 10.0. The van der Waals surface area contributed by atoms with Crippen molar-refractivity contribution >= 4 is 11.9 Å². The fourth-order valence-corrected chi connectivity index (χ4v) is 2.39. The van der Waals surface area contributed by atoms with Crippen molar-refractivity contribution in [1.29, 1.82) is 0 Å². The number of alkyl halides is 6. The summed E-state index contributed by atoms with van der Waals surface area (Å²) >= 11 is 0. The number of phenols is 1. The third kappa shape index (κ3) is 3.37. The number of halogens is 6. The highest BCUT2D eigenvalue weighted by Crippen LogP contribution is 2.38. The van der Waals surface area contributed by atoms with E-state index in [1.165, 1.54) is 12.1 Å². The second-order valence-corrected chi connectivity index (χ2v) is 5.46. The second kappa shape index (κ2) is 5.79. The van der Waals surface area contributed by atoms with E-state index in [1.54, 1.807) is 0 Å². The SMILES string of the molecule is O=C1C(=Cc2cc(C(F)(F)F)cc(C(F)(F)F)c2)Oc2cc(O)ccc21. The first-order valence-corrected chi connectivity index (χ1v) is 7.02. The van der Waals surface area contributed by atoms with Crippen molar-refractivity contribution in [3.63, 3.8) is 0 Å². The van der Waals surface area contributed by atoms with E-state index in [0.717, 1.165) is 12.1 Å². The normalized spacial score (nSPS) is 15.9. The van der Waals surface area contributed by atoms with Gasteiger partial charge in [-0.2, -0.15) is 26.3 Å². The average molecular weight is 374 g/mol. The van der Waals surface area contributed by atoms with Crippen LogP contribution in [0.25, 0.3) is 6.08 Å². The average Bonchev–Trinajstić information content (AvgIpc) is 2.80. The summed E-state index contributed by atoms with van der Waals surface area (Å²) < 4.78 is 82.4. The zero-order chi connectivity index (χ0) is 19.3. The molecule has 0 aliphatic carbocycles. The van der Waals surface area contributed by atoms with Gasteiger partial charge in [0.2, 0.25) is 5.78 Å². The molecule has 2 aromatic rings. The molecule has 3 rings (SSSR count). The van der Waals surface area contributed by atoms with Gasteiger partial charge in [-0.25, -0.2) is 0 Å². The minimum absolute atomic E-state index is 0.00782. The summed E-state index contributed by atoms with van der Waals surface area (Å²) in [6.07, 6.45) is -9.20. The Bertz CT molecular complexity index is 893. The summed E-state index contributed by atoms with van der Waals surface area (Å²) in [5.74, 6) is -1.41. The maximum atomic E-state index is 12.9. The van der Waals surface area contributed by atoms with E-state index >= 15 is 0 Å². The lowest BCUT2D eigenvalue weighted by Gasteiger charge is -2.13. The lowest BCUT2D eigenvalue weighted by molar-refractivity contribution is -0.143. The summed E-state index contributed by atoms with van der Waals surface area (Å²) in [6.45, 7) is 0. The zero-order valence-electron chi connectivity index (χ0n) is 12.6. The van der Waals surface area contributed by atoms with Crippen LogP contribution in [-0.4, -0.2) is 10.9 Å². The van der Waals surface area contributed by atoms with Crippen LogP contribution in [0.4, 0.5) is 26.3 Å². The number of rotatable bonds is 1. The van der Waals surface area contributed by atoms with E-state index in [9.17, 15) is 36.2 Å². The van der Waals surface area contributed by atoms with Crippen LogP contribution in [0.2, 0.25) is 0 Å². The number of fused-ring (bicyclic) bond motifs is 1. The van der Waals surface area contributed by atoms with Crippen LogP contribution in [-0.2, 0) is 12.4 Å². The third-order valence-corrected chi connectivity index (χ3v) is 3.56. The van der Waals surface area contributed by atoms with Crippen molar-refractivity contribution in [3.8, 4) is 11.5 Å². The van der Waals surface area contributed by atoms with Crippen molar-refractivity contribution in [3.05, 3.63) is 64.4 Å². The molecule has 0 saturated heterocycles. The smallest absolute Gasteiger partial charge is 0.416 e. The first-order valence-electron chi connectivity index (χ1n) is 7.02. The lowest BCUT2D eigenvalue weighted by Crippen LogP contribution is -2.11. The van der Waals surface area contributed by atoms with E-state index in [-0.39, 0.29) is 23.1 Å². The molecule has 0 amide bonds. The van der Waals surface area contributed by atoms with Crippen LogP contribution in [0, 0.1) is 0 Å². The summed E-state index contributed by atoms with van der Waals surface area (Å²) in [6, 6.07) is 4.52. The number of Topliss-reactive ketones (excluding diaryl/α,β-unsaturated/α-hetero) is 1. The largest absolute Gasteiger partial charge is 0.508 e. The van der Waals surface area contributed by atoms with Crippen LogP contribution in [0.15, 0.2) is 42.2 Å². The Morgan fingerprint density at radius 2 is 1.46 bits per heavy atom. The number of carbonyl (C=O) groups excluding carboxylic acids is 1. The molecule has 0 bridgehead atoms. The van der Waals surface area contributed by atoms with Gasteiger partial charge in [0.25, 0.3) is 0 Å². The maximum absolute atomic E-state index is 12.9. The summed E-state index contributed by atoms with van der Waals surface area (Å²) in [7, 11) is 0. The highest BCUT2D eigenvalue weighted by molar-refractivity contribution is 6.14. The predicted molar refractivity (Wildman–Crippen MR) is 77.5 cm³/mol. The molecule has 2 aromatic carbocycles. The monoisotopic (exact) mass is 374 g/mol. The maximum Gasteiger partial charge on any atom is 0.416 e. The molecule has 1 aliphatic heterocycles. The number of allylic oxidation sites excluding steroid dienone is 1. The van der Waals surface area contributed by atoms with Crippen molar-refractivity contribution in [2.75, 3.05) is 0 Å². The fraction of sp³-hybridized carbons (Fsp3) is 0.118. The predicted octanol–water partition coefficient (Wildman–Crippen LogP) is 5.05. The van der Waals surface area contributed by atoms with Gasteiger partial charge < -0.3 is 9.84 Å². The van der Waals surface area contributed by atoms with E-state index < -0.39 is 40.6 Å². The Morgan fingerprint density at radius 1 is 0.885 bits per heavy atom. The third-order valence-electron chi connectivity index (χ3n) is 3.56. The molecule has 26 heavy (non-hydrogen) atoms. The number of aromatic hydroxyl groups is 1. The first-order chi connectivity index (χ1) is 11.9. The highest BCUT2D eigenvalue weighted by Gasteiger charge is 2.37. The minimum Gasteiger partial charge on any atom is -0.508 e. The van der Waals surface area contributed by atoms with Gasteiger partial charge in [-0.1, -0.05) is 0 Å². The Hall–Kier alpha value is -2.97. The number of ether oxygens (including phenoxy) is 1. The van der Waals surface area contributed by atoms with Crippen LogP contribution in [0.3, 0.4) is 0 Å². The molecule has 1 aliphatic rings. The minimum atomic E-state index is -5.00. The molecule has 136 valence electrons. The number of hydrogen-bond donors (Lipinski definition) is 1. The van der Waals surface area contributed by atoms with Gasteiger partial charge in [-0.15, -0.1) is 0 Å². The van der Waals surface area contributed by atoms with E-state index in [4.69, 9.17) is 4.74 Å². The second-order valence-electron chi connectivity index (χ2n) is 5.46. The van der Waals surface area contributed by atoms with Crippen LogP contribution in [0.1, 0.15) is 27.0 Å². The molecule has 9 heteroatoms. The number of hydrogen-bond acceptors (Lipinski definition) is 3. The zero-order valence-corrected chi connectivity index (χ0v) is 12.6. The van der Waals surface area contributed by atoms with Crippen LogP contribution >= 0.6 is 0 Å². The standard InChI is InChI=1S/C17H8F6O3/c18-16(19,20)9-3-8(4-10(6-9)17(21,22)23)5-14-15(25)12-2-1-11(24)7-13(12)26-14/h1-7,24H. The topological polar surface area (TPSA) is 46.5 Å². The fourth-order valence-electron chi connectivity index (χ4n) is 2.39. The van der Waals surface area contributed by atoms with Gasteiger partial charge in [0.1, 0.15) is 11.5 Å². The Balaban J connectivity index is 2.07. The van der Waals surface area contributed by atoms with Gasteiger partial charge in [0, 0.05) is 6.07 Å².